The van der Waals surface area contributed by atoms with E-state index < -0.39 is 0 Å². The maximum atomic E-state index is 5.21. The van der Waals surface area contributed by atoms with E-state index in [-0.39, 0.29) is 0 Å². The fraction of sp³-hybridized carbons (Fsp3) is 0.500. The molecule has 0 fully saturated rings. The Kier molecular flexibility index (Phi) is 21.0. The second kappa shape index (κ2) is 17.3. The Morgan fingerprint density at radius 2 is 1.67 bits per heavy atom. The second-order valence-corrected chi connectivity index (χ2v) is 2.91. The van der Waals surface area contributed by atoms with E-state index >= 15 is 0 Å². The molecule has 0 saturated carbocycles. The van der Waals surface area contributed by atoms with Crippen LogP contribution in [0.1, 0.15) is 0 Å². The Morgan fingerprint density at radius 1 is 1.17 bits per heavy atom. The summed E-state index contributed by atoms with van der Waals surface area (Å²) < 4.78 is 10.4. The number of rotatable bonds is 6. The van der Waals surface area contributed by atoms with E-state index in [1.807, 2.05) is 0 Å². The van der Waals surface area contributed by atoms with E-state index in [1.54, 1.807) is 0 Å². The molecule has 72 valence electrons. The molecule has 12 heavy (non-hydrogen) atoms. The molecule has 0 radical (unpaired) electrons. The van der Waals surface area contributed by atoms with Crippen molar-refractivity contribution in [3.05, 3.63) is 25.7 Å². The number of alkyl halides is 2. The maximum absolute atomic E-state index is 5.21. The molecule has 4 heteroatoms. The highest BCUT2D eigenvalue weighted by Crippen LogP contribution is 1.80. The van der Waals surface area contributed by atoms with Crippen LogP contribution in [0.15, 0.2) is 25.7 Å². The van der Waals surface area contributed by atoms with Gasteiger partial charge in [0.25, 0.3) is 0 Å². The standard InChI is InChI=1S/C4H7ClO.C4H7IO/c2*1-2-6-4-3-5/h2*2H,1,3-4H2. The molecule has 0 heterocycles. The van der Waals surface area contributed by atoms with Crippen molar-refractivity contribution in [2.75, 3.05) is 23.5 Å². The van der Waals surface area contributed by atoms with E-state index in [0.717, 1.165) is 11.0 Å². The van der Waals surface area contributed by atoms with Crippen LogP contribution in [-0.4, -0.2) is 23.5 Å². The van der Waals surface area contributed by atoms with E-state index in [2.05, 4.69) is 40.5 Å². The molecule has 0 aromatic rings. The summed E-state index contributed by atoms with van der Waals surface area (Å²) in [5.74, 6) is 0.534. The summed E-state index contributed by atoms with van der Waals surface area (Å²) in [5, 5.41) is 0. The Bertz CT molecular complexity index is 87.1. The molecule has 0 saturated heterocycles. The summed E-state index contributed by atoms with van der Waals surface area (Å²) in [7, 11) is 0. The Morgan fingerprint density at radius 3 is 1.83 bits per heavy atom. The molecular weight excluding hydrogens is 290 g/mol. The number of hydrogen-bond donors (Lipinski definition) is 0. The van der Waals surface area contributed by atoms with Crippen LogP contribution in [0.5, 0.6) is 0 Å². The molecule has 0 atom stereocenters. The van der Waals surface area contributed by atoms with Crippen molar-refractivity contribution in [1.29, 1.82) is 0 Å². The van der Waals surface area contributed by atoms with Crippen molar-refractivity contribution >= 4 is 34.2 Å². The average Bonchev–Trinajstić information content (AvgIpc) is 2.12. The number of hydrogen-bond acceptors (Lipinski definition) is 2. The van der Waals surface area contributed by atoms with Gasteiger partial charge in [-0.25, -0.2) is 0 Å². The lowest BCUT2D eigenvalue weighted by molar-refractivity contribution is 0.273. The van der Waals surface area contributed by atoms with Gasteiger partial charge in [0.1, 0.15) is 6.61 Å². The fourth-order valence-electron chi connectivity index (χ4n) is 0.256. The third-order valence-corrected chi connectivity index (χ3v) is 1.22. The first-order valence-corrected chi connectivity index (χ1v) is 5.46. The zero-order chi connectivity index (χ0) is 9.66. The third-order valence-electron chi connectivity index (χ3n) is 0.626. The molecule has 0 aromatic heterocycles. The smallest absolute Gasteiger partial charge is 0.101 e. The predicted octanol–water partition coefficient (Wildman–Crippen LogP) is 2.97. The summed E-state index contributed by atoms with van der Waals surface area (Å²) in [6, 6.07) is 0. The van der Waals surface area contributed by atoms with Gasteiger partial charge in [0.05, 0.1) is 25.0 Å². The molecule has 0 aliphatic carbocycles. The first-order chi connectivity index (χ1) is 5.83. The van der Waals surface area contributed by atoms with Crippen LogP contribution in [0.3, 0.4) is 0 Å². The minimum absolute atomic E-state index is 0.534. The van der Waals surface area contributed by atoms with Crippen LogP contribution in [0.2, 0.25) is 0 Å². The van der Waals surface area contributed by atoms with Crippen LogP contribution >= 0.6 is 34.2 Å². The Hall–Kier alpha value is 0.1000. The van der Waals surface area contributed by atoms with Crippen molar-refractivity contribution in [1.82, 2.24) is 0 Å². The number of halogens is 2. The van der Waals surface area contributed by atoms with Crippen molar-refractivity contribution in [3.8, 4) is 0 Å². The third kappa shape index (κ3) is 22.5. The van der Waals surface area contributed by atoms with Gasteiger partial charge in [0.15, 0.2) is 0 Å². The molecule has 0 aliphatic rings. The van der Waals surface area contributed by atoms with Gasteiger partial charge >= 0.3 is 0 Å². The molecule has 0 amide bonds. The molecule has 0 aromatic carbocycles. The lowest BCUT2D eigenvalue weighted by Gasteiger charge is -1.89. The van der Waals surface area contributed by atoms with Crippen LogP contribution in [0.4, 0.5) is 0 Å². The van der Waals surface area contributed by atoms with Crippen LogP contribution < -0.4 is 0 Å². The lowest BCUT2D eigenvalue weighted by Crippen LogP contribution is -1.84. The topological polar surface area (TPSA) is 18.5 Å². The molecule has 0 spiro atoms. The number of ether oxygens (including phenoxy) is 2. The lowest BCUT2D eigenvalue weighted by atomic mass is 10.9. The minimum Gasteiger partial charge on any atom is -0.501 e. The fourth-order valence-corrected chi connectivity index (χ4v) is 0.599. The first kappa shape index (κ1) is 14.6. The summed E-state index contributed by atoms with van der Waals surface area (Å²) in [6.45, 7) is 8.03. The van der Waals surface area contributed by atoms with Gasteiger partial charge in [-0.2, -0.15) is 0 Å². The summed E-state index contributed by atoms with van der Waals surface area (Å²) in [5.41, 5.74) is 0. The van der Waals surface area contributed by atoms with Gasteiger partial charge < -0.3 is 9.47 Å². The Labute approximate surface area is 92.7 Å². The molecule has 0 N–H and O–H groups in total. The van der Waals surface area contributed by atoms with Crippen LogP contribution in [0, 0.1) is 0 Å². The second-order valence-electron chi connectivity index (χ2n) is 1.45. The van der Waals surface area contributed by atoms with E-state index in [0.29, 0.717) is 12.5 Å². The van der Waals surface area contributed by atoms with Crippen molar-refractivity contribution in [2.24, 2.45) is 0 Å². The van der Waals surface area contributed by atoms with E-state index in [4.69, 9.17) is 16.3 Å². The normalized spacial score (nSPS) is 7.50. The highest BCUT2D eigenvalue weighted by atomic mass is 127. The van der Waals surface area contributed by atoms with Gasteiger partial charge in [-0.1, -0.05) is 35.7 Å². The molecule has 0 aliphatic heterocycles. The van der Waals surface area contributed by atoms with E-state index in [1.165, 1.54) is 12.5 Å². The van der Waals surface area contributed by atoms with Gasteiger partial charge in [-0.05, 0) is 0 Å². The van der Waals surface area contributed by atoms with Gasteiger partial charge in [-0.3, -0.25) is 0 Å². The van der Waals surface area contributed by atoms with Gasteiger partial charge in [-0.15, -0.1) is 11.6 Å². The molecule has 0 bridgehead atoms. The van der Waals surface area contributed by atoms with Crippen molar-refractivity contribution in [2.45, 2.75) is 0 Å². The van der Waals surface area contributed by atoms with Gasteiger partial charge in [0, 0.05) is 4.43 Å². The van der Waals surface area contributed by atoms with Crippen LogP contribution in [-0.2, 0) is 9.47 Å². The van der Waals surface area contributed by atoms with Gasteiger partial charge in [0.2, 0.25) is 0 Å². The summed E-state index contributed by atoms with van der Waals surface area (Å²) in [6.07, 6.45) is 2.83. The SMILES string of the molecule is C=COCCCl.C=COCCI. The zero-order valence-electron chi connectivity index (χ0n) is 6.97. The highest BCUT2D eigenvalue weighted by Gasteiger charge is 1.71. The minimum atomic E-state index is 0.534. The molecule has 2 nitrogen and oxygen atoms in total. The quantitative estimate of drug-likeness (QED) is 0.325. The zero-order valence-corrected chi connectivity index (χ0v) is 9.88. The molecular formula is C8H14ClIO2. The maximum Gasteiger partial charge on any atom is 0.101 e. The average molecular weight is 305 g/mol. The Balaban J connectivity index is 0. The summed E-state index contributed by atoms with van der Waals surface area (Å²) in [4.78, 5) is 0. The van der Waals surface area contributed by atoms with Crippen molar-refractivity contribution in [3.63, 3.8) is 0 Å². The highest BCUT2D eigenvalue weighted by molar-refractivity contribution is 14.1. The van der Waals surface area contributed by atoms with Crippen LogP contribution in [0.25, 0.3) is 0 Å². The monoisotopic (exact) mass is 304 g/mol. The largest absolute Gasteiger partial charge is 0.501 e. The first-order valence-electron chi connectivity index (χ1n) is 3.40. The van der Waals surface area contributed by atoms with E-state index in [9.17, 15) is 0 Å². The predicted molar refractivity (Wildman–Crippen MR) is 61.9 cm³/mol. The summed E-state index contributed by atoms with van der Waals surface area (Å²) >= 11 is 7.45. The molecule has 0 rings (SSSR count). The van der Waals surface area contributed by atoms with Crippen molar-refractivity contribution < 1.29 is 9.47 Å². The molecule has 0 unspecified atom stereocenters.